The van der Waals surface area contributed by atoms with Crippen LogP contribution in [-0.2, 0) is 11.4 Å². The van der Waals surface area contributed by atoms with Crippen molar-refractivity contribution >= 4 is 16.6 Å². The number of benzene rings is 3. The molecule has 3 aromatic carbocycles. The van der Waals surface area contributed by atoms with E-state index in [1.54, 1.807) is 0 Å². The number of hydrogen-bond acceptors (Lipinski definition) is 3. The van der Waals surface area contributed by atoms with Crippen LogP contribution in [0, 0.1) is 6.92 Å². The van der Waals surface area contributed by atoms with Crippen molar-refractivity contribution in [3.05, 3.63) is 71.8 Å². The second kappa shape index (κ2) is 7.18. The number of carbonyl (C=O) groups excluding carboxylic acids is 1. The molecule has 0 spiro atoms. The third-order valence-corrected chi connectivity index (χ3v) is 3.80. The largest absolute Gasteiger partial charge is 0.488 e. The first-order valence-electron chi connectivity index (χ1n) is 7.96. The van der Waals surface area contributed by atoms with Gasteiger partial charge in [0.05, 0.1) is 0 Å². The Hall–Kier alpha value is -2.81. The van der Waals surface area contributed by atoms with Crippen LogP contribution in [0.1, 0.15) is 18.1 Å². The van der Waals surface area contributed by atoms with E-state index in [9.17, 15) is 4.79 Å². The van der Waals surface area contributed by atoms with Gasteiger partial charge < -0.3 is 9.47 Å². The first-order chi connectivity index (χ1) is 11.6. The molecule has 0 unspecified atom stereocenters. The summed E-state index contributed by atoms with van der Waals surface area (Å²) in [6, 6.07) is 20.0. The van der Waals surface area contributed by atoms with Gasteiger partial charge in [0, 0.05) is 10.8 Å². The summed E-state index contributed by atoms with van der Waals surface area (Å²) in [6.07, 6.45) is 0. The summed E-state index contributed by atoms with van der Waals surface area (Å²) in [5, 5.41) is 1.94. The molecule has 3 rings (SSSR count). The highest BCUT2D eigenvalue weighted by molar-refractivity contribution is 5.94. The van der Waals surface area contributed by atoms with Crippen LogP contribution < -0.4 is 9.47 Å². The Kier molecular flexibility index (Phi) is 4.80. The van der Waals surface area contributed by atoms with Crippen LogP contribution in [0.25, 0.3) is 10.8 Å². The van der Waals surface area contributed by atoms with Gasteiger partial charge in [-0.2, -0.15) is 0 Å². The van der Waals surface area contributed by atoms with E-state index in [1.807, 2.05) is 67.6 Å². The molecule has 122 valence electrons. The van der Waals surface area contributed by atoms with Gasteiger partial charge in [-0.3, -0.25) is 4.79 Å². The Morgan fingerprint density at radius 3 is 2.29 bits per heavy atom. The van der Waals surface area contributed by atoms with Crippen LogP contribution in [0.4, 0.5) is 0 Å². The lowest BCUT2D eigenvalue weighted by atomic mass is 10.0. The van der Waals surface area contributed by atoms with Crippen LogP contribution in [0.3, 0.4) is 0 Å². The van der Waals surface area contributed by atoms with Gasteiger partial charge >= 0.3 is 0 Å². The fourth-order valence-corrected chi connectivity index (χ4v) is 2.67. The first kappa shape index (κ1) is 16.1. The van der Waals surface area contributed by atoms with E-state index < -0.39 is 0 Å². The van der Waals surface area contributed by atoms with Gasteiger partial charge in [0.25, 0.3) is 0 Å². The summed E-state index contributed by atoms with van der Waals surface area (Å²) in [5.41, 5.74) is 2.08. The number of Topliss-reactive ketones (excluding diaryl/α,β-unsaturated/α-hetero) is 1. The summed E-state index contributed by atoms with van der Waals surface area (Å²) >= 11 is 0. The molecule has 0 saturated carbocycles. The Balaban J connectivity index is 1.94. The fraction of sp³-hybridized carbons (Fsp3) is 0.190. The van der Waals surface area contributed by atoms with Crippen LogP contribution >= 0.6 is 0 Å². The maximum atomic E-state index is 11.2. The van der Waals surface area contributed by atoms with Gasteiger partial charge in [-0.05, 0) is 31.0 Å². The molecule has 0 N–H and O–H groups in total. The summed E-state index contributed by atoms with van der Waals surface area (Å²) in [7, 11) is 0. The maximum Gasteiger partial charge on any atom is 0.167 e. The normalized spacial score (nSPS) is 10.6. The minimum atomic E-state index is 0.00267. The average molecular weight is 320 g/mol. The van der Waals surface area contributed by atoms with E-state index in [4.69, 9.17) is 9.47 Å². The van der Waals surface area contributed by atoms with Crippen LogP contribution in [0.15, 0.2) is 60.7 Å². The molecule has 0 saturated heterocycles. The van der Waals surface area contributed by atoms with Crippen molar-refractivity contribution in [2.45, 2.75) is 20.5 Å². The van der Waals surface area contributed by atoms with Crippen molar-refractivity contribution in [3.63, 3.8) is 0 Å². The van der Waals surface area contributed by atoms with E-state index in [1.165, 1.54) is 6.92 Å². The van der Waals surface area contributed by atoms with Gasteiger partial charge in [-0.15, -0.1) is 0 Å². The zero-order valence-corrected chi connectivity index (χ0v) is 13.9. The van der Waals surface area contributed by atoms with Gasteiger partial charge in [-0.1, -0.05) is 54.6 Å². The van der Waals surface area contributed by atoms with Crippen LogP contribution in [0.2, 0.25) is 0 Å². The highest BCUT2D eigenvalue weighted by Crippen LogP contribution is 2.36. The summed E-state index contributed by atoms with van der Waals surface area (Å²) < 4.78 is 11.8. The quantitative estimate of drug-likeness (QED) is 0.660. The number of fused-ring (bicyclic) bond motifs is 1. The predicted octanol–water partition coefficient (Wildman–Crippen LogP) is 4.70. The Labute approximate surface area is 141 Å². The van der Waals surface area contributed by atoms with E-state index in [2.05, 4.69) is 0 Å². The molecular weight excluding hydrogens is 300 g/mol. The average Bonchev–Trinajstić information content (AvgIpc) is 2.60. The van der Waals surface area contributed by atoms with Crippen molar-refractivity contribution in [1.29, 1.82) is 0 Å². The lowest BCUT2D eigenvalue weighted by molar-refractivity contribution is -0.118. The molecule has 0 aliphatic carbocycles. The van der Waals surface area contributed by atoms with Crippen molar-refractivity contribution < 1.29 is 14.3 Å². The molecule has 3 heteroatoms. The van der Waals surface area contributed by atoms with Gasteiger partial charge in [0.1, 0.15) is 24.7 Å². The number of ether oxygens (including phenoxy) is 2. The smallest absolute Gasteiger partial charge is 0.167 e. The molecule has 0 radical (unpaired) electrons. The second-order valence-corrected chi connectivity index (χ2v) is 5.83. The predicted molar refractivity (Wildman–Crippen MR) is 95.6 cm³/mol. The third-order valence-electron chi connectivity index (χ3n) is 3.80. The molecule has 0 aliphatic heterocycles. The lowest BCUT2D eigenvalue weighted by Crippen LogP contribution is -2.08. The third kappa shape index (κ3) is 3.57. The van der Waals surface area contributed by atoms with Crippen molar-refractivity contribution in [1.82, 2.24) is 0 Å². The molecule has 0 bridgehead atoms. The molecule has 3 nitrogen and oxygen atoms in total. The Bertz CT molecular complexity index is 854. The summed E-state index contributed by atoms with van der Waals surface area (Å²) in [6.45, 7) is 4.08. The molecule has 24 heavy (non-hydrogen) atoms. The van der Waals surface area contributed by atoms with Crippen LogP contribution in [0.5, 0.6) is 11.5 Å². The fourth-order valence-electron chi connectivity index (χ4n) is 2.67. The van der Waals surface area contributed by atoms with Crippen molar-refractivity contribution in [3.8, 4) is 11.5 Å². The number of hydrogen-bond donors (Lipinski definition) is 0. The number of aryl methyl sites for hydroxylation is 1. The Morgan fingerprint density at radius 1 is 0.917 bits per heavy atom. The molecular formula is C21H20O3. The minimum absolute atomic E-state index is 0.00267. The lowest BCUT2D eigenvalue weighted by Gasteiger charge is -2.15. The first-order valence-corrected chi connectivity index (χ1v) is 7.96. The van der Waals surface area contributed by atoms with Crippen LogP contribution in [-0.4, -0.2) is 12.4 Å². The minimum Gasteiger partial charge on any atom is -0.488 e. The van der Waals surface area contributed by atoms with E-state index in [0.29, 0.717) is 6.61 Å². The van der Waals surface area contributed by atoms with Crippen molar-refractivity contribution in [2.24, 2.45) is 0 Å². The maximum absolute atomic E-state index is 11.2. The number of carbonyl (C=O) groups is 1. The highest BCUT2D eigenvalue weighted by Gasteiger charge is 2.12. The van der Waals surface area contributed by atoms with Crippen molar-refractivity contribution in [2.75, 3.05) is 6.61 Å². The molecule has 0 heterocycles. The number of ketones is 1. The van der Waals surface area contributed by atoms with E-state index in [0.717, 1.165) is 33.4 Å². The highest BCUT2D eigenvalue weighted by atomic mass is 16.5. The monoisotopic (exact) mass is 320 g/mol. The van der Waals surface area contributed by atoms with Gasteiger partial charge in [0.15, 0.2) is 5.78 Å². The molecule has 0 aromatic heterocycles. The topological polar surface area (TPSA) is 35.5 Å². The molecule has 0 amide bonds. The SMILES string of the molecule is CC(=O)COc1c(C)cc(OCc2ccccc2)c2ccccc12. The number of rotatable bonds is 6. The molecule has 3 aromatic rings. The zero-order valence-electron chi connectivity index (χ0n) is 13.9. The zero-order chi connectivity index (χ0) is 16.9. The Morgan fingerprint density at radius 2 is 1.58 bits per heavy atom. The summed E-state index contributed by atoms with van der Waals surface area (Å²) in [5.74, 6) is 1.57. The van der Waals surface area contributed by atoms with Gasteiger partial charge in [-0.25, -0.2) is 0 Å². The summed E-state index contributed by atoms with van der Waals surface area (Å²) in [4.78, 5) is 11.2. The standard InChI is InChI=1S/C21H20O3/c1-15-12-20(23-14-17-8-4-3-5-9-17)18-10-6-7-11-19(18)21(15)24-13-16(2)22/h3-12H,13-14H2,1-2H3. The second-order valence-electron chi connectivity index (χ2n) is 5.83. The molecule has 0 aliphatic rings. The molecule has 0 fully saturated rings. The van der Waals surface area contributed by atoms with E-state index >= 15 is 0 Å². The van der Waals surface area contributed by atoms with Gasteiger partial charge in [0.2, 0.25) is 0 Å². The molecule has 0 atom stereocenters. The van der Waals surface area contributed by atoms with E-state index in [-0.39, 0.29) is 12.4 Å².